The molecule has 0 fully saturated rings. The standard InChI is InChI=1S/C23H30N2O8.CH4O.Fe/c26-8-7-25(10-17-4-2-6-19(14-28)23(17)33)20(15-29)11-24(12-21(30)31)9-16-3-1-5-18(13-27)22(16)32;1-2;/h1-6,8,20,27-29,32-33H,7,9-15H2,(H,30,31);2H,1H3;/q;;+2/t20-;;/m0../s1. The summed E-state index contributed by atoms with van der Waals surface area (Å²) in [6.07, 6.45) is 0.647. The first-order valence-corrected chi connectivity index (χ1v) is 10.8. The molecule has 1 atom stereocenters. The summed E-state index contributed by atoms with van der Waals surface area (Å²) in [7, 11) is 1.00. The molecule has 12 heteroatoms. The van der Waals surface area contributed by atoms with E-state index in [4.69, 9.17) is 5.11 Å². The van der Waals surface area contributed by atoms with E-state index in [0.29, 0.717) is 28.5 Å². The Bertz CT molecular complexity index is 946. The summed E-state index contributed by atoms with van der Waals surface area (Å²) in [5, 5.41) is 65.8. The molecule has 2 rings (SSSR count). The van der Waals surface area contributed by atoms with Crippen LogP contribution in [0, 0.1) is 0 Å². The molecule has 0 heterocycles. The predicted octanol–water partition coefficient (Wildman–Crippen LogP) is -0.363. The molecule has 11 nitrogen and oxygen atoms in total. The number of phenols is 2. The average molecular weight is 550 g/mol. The monoisotopic (exact) mass is 550 g/mol. The second-order valence-corrected chi connectivity index (χ2v) is 7.66. The van der Waals surface area contributed by atoms with Crippen LogP contribution in [0.15, 0.2) is 36.4 Å². The number of aliphatic hydroxyl groups is 4. The van der Waals surface area contributed by atoms with Crippen LogP contribution in [0.1, 0.15) is 22.3 Å². The van der Waals surface area contributed by atoms with Gasteiger partial charge in [-0.05, 0) is 0 Å². The predicted molar refractivity (Wildman–Crippen MR) is 126 cm³/mol. The summed E-state index contributed by atoms with van der Waals surface area (Å²) in [5.74, 6) is -1.35. The van der Waals surface area contributed by atoms with Crippen molar-refractivity contribution >= 4 is 12.3 Å². The molecular formula is C24H34FeN2O9+2. The molecule has 0 amide bonds. The van der Waals surface area contributed by atoms with E-state index < -0.39 is 18.6 Å². The van der Waals surface area contributed by atoms with Gasteiger partial charge in [0.1, 0.15) is 17.8 Å². The Morgan fingerprint density at radius 1 is 0.889 bits per heavy atom. The number of aldehydes is 1. The van der Waals surface area contributed by atoms with Crippen LogP contribution < -0.4 is 0 Å². The van der Waals surface area contributed by atoms with Gasteiger partial charge in [-0.2, -0.15) is 0 Å². The second-order valence-electron chi connectivity index (χ2n) is 7.66. The molecule has 0 unspecified atom stereocenters. The Balaban J connectivity index is 0.00000398. The van der Waals surface area contributed by atoms with E-state index in [1.165, 1.54) is 4.90 Å². The van der Waals surface area contributed by atoms with Crippen molar-refractivity contribution in [2.24, 2.45) is 0 Å². The molecule has 0 bridgehead atoms. The third kappa shape index (κ3) is 9.84. The molecule has 36 heavy (non-hydrogen) atoms. The number of hydrogen-bond donors (Lipinski definition) is 7. The van der Waals surface area contributed by atoms with Gasteiger partial charge in [0, 0.05) is 55.0 Å². The van der Waals surface area contributed by atoms with Gasteiger partial charge in [0.2, 0.25) is 0 Å². The third-order valence-corrected chi connectivity index (χ3v) is 5.38. The maximum Gasteiger partial charge on any atom is 2.00 e. The number of carboxylic acid groups (broad SMARTS) is 1. The van der Waals surface area contributed by atoms with Gasteiger partial charge in [-0.3, -0.25) is 14.6 Å². The van der Waals surface area contributed by atoms with E-state index >= 15 is 0 Å². The van der Waals surface area contributed by atoms with Crippen molar-refractivity contribution in [2.75, 3.05) is 33.4 Å². The van der Waals surface area contributed by atoms with Crippen molar-refractivity contribution in [1.82, 2.24) is 9.80 Å². The molecule has 7 N–H and O–H groups in total. The summed E-state index contributed by atoms with van der Waals surface area (Å²) in [6.45, 7) is -1.45. The van der Waals surface area contributed by atoms with E-state index in [2.05, 4.69) is 0 Å². The molecule has 0 radical (unpaired) electrons. The number of aromatic hydroxyl groups is 2. The van der Waals surface area contributed by atoms with Gasteiger partial charge in [-0.15, -0.1) is 0 Å². The molecule has 200 valence electrons. The largest absolute Gasteiger partial charge is 2.00 e. The first-order chi connectivity index (χ1) is 16.8. The van der Waals surface area contributed by atoms with E-state index in [1.807, 2.05) is 0 Å². The number of aliphatic hydroxyl groups excluding tert-OH is 4. The topological polar surface area (TPSA) is 182 Å². The molecular weight excluding hydrogens is 516 g/mol. The SMILES string of the molecule is CO.O=CCN(Cc1cccc(CO)c1O)[C@H](CO)CN(CC(=O)O)Cc1cccc(CO)c1O.[Fe+2]. The van der Waals surface area contributed by atoms with Crippen molar-refractivity contribution in [3.05, 3.63) is 58.7 Å². The second kappa shape index (κ2) is 17.8. The van der Waals surface area contributed by atoms with Gasteiger partial charge in [0.25, 0.3) is 0 Å². The number of aliphatic carboxylic acids is 1. The van der Waals surface area contributed by atoms with Gasteiger partial charge in [-0.1, -0.05) is 36.4 Å². The average Bonchev–Trinajstić information content (AvgIpc) is 2.85. The van der Waals surface area contributed by atoms with Crippen molar-refractivity contribution in [3.8, 4) is 11.5 Å². The first-order valence-electron chi connectivity index (χ1n) is 10.8. The van der Waals surface area contributed by atoms with Crippen LogP contribution in [0.2, 0.25) is 0 Å². The minimum atomic E-state index is -1.11. The zero-order valence-corrected chi connectivity index (χ0v) is 21.1. The third-order valence-electron chi connectivity index (χ3n) is 5.38. The van der Waals surface area contributed by atoms with Crippen LogP contribution in [-0.2, 0) is 53.0 Å². The summed E-state index contributed by atoms with van der Waals surface area (Å²) < 4.78 is 0. The van der Waals surface area contributed by atoms with Crippen LogP contribution in [0.3, 0.4) is 0 Å². The number of benzene rings is 2. The van der Waals surface area contributed by atoms with E-state index in [-0.39, 0.29) is 74.5 Å². The summed E-state index contributed by atoms with van der Waals surface area (Å²) in [6, 6.07) is 8.98. The number of para-hydroxylation sites is 2. The molecule has 0 saturated carbocycles. The molecule has 2 aromatic carbocycles. The summed E-state index contributed by atoms with van der Waals surface area (Å²) in [4.78, 5) is 25.9. The Morgan fingerprint density at radius 2 is 1.36 bits per heavy atom. The van der Waals surface area contributed by atoms with E-state index in [0.717, 1.165) is 7.11 Å². The maximum atomic E-state index is 11.4. The molecule has 0 saturated heterocycles. The Hall–Kier alpha value is -2.54. The van der Waals surface area contributed by atoms with Crippen LogP contribution in [0.4, 0.5) is 0 Å². The Labute approximate surface area is 220 Å². The molecule has 2 aromatic rings. The number of rotatable bonds is 14. The number of nitrogens with zero attached hydrogens (tertiary/aromatic N) is 2. The van der Waals surface area contributed by atoms with Crippen LogP contribution >= 0.6 is 0 Å². The number of carbonyl (C=O) groups is 2. The fourth-order valence-electron chi connectivity index (χ4n) is 3.66. The summed E-state index contributed by atoms with van der Waals surface area (Å²) >= 11 is 0. The van der Waals surface area contributed by atoms with Crippen molar-refractivity contribution in [2.45, 2.75) is 32.3 Å². The van der Waals surface area contributed by atoms with Crippen LogP contribution in [-0.4, -0.2) is 97.2 Å². The van der Waals surface area contributed by atoms with E-state index in [1.54, 1.807) is 41.3 Å². The molecule has 0 aromatic heterocycles. The normalized spacial score (nSPS) is 11.4. The van der Waals surface area contributed by atoms with Crippen molar-refractivity contribution in [1.29, 1.82) is 0 Å². The molecule has 0 aliphatic carbocycles. The number of carbonyl (C=O) groups excluding carboxylic acids is 1. The number of carboxylic acids is 1. The molecule has 0 aliphatic heterocycles. The van der Waals surface area contributed by atoms with Crippen LogP contribution in [0.25, 0.3) is 0 Å². The fourth-order valence-corrected chi connectivity index (χ4v) is 3.66. The van der Waals surface area contributed by atoms with Gasteiger partial charge in [0.15, 0.2) is 0 Å². The molecule has 0 aliphatic rings. The van der Waals surface area contributed by atoms with Crippen molar-refractivity contribution in [3.63, 3.8) is 0 Å². The summed E-state index contributed by atoms with van der Waals surface area (Å²) in [5.41, 5.74) is 1.49. The van der Waals surface area contributed by atoms with Gasteiger partial charge >= 0.3 is 23.0 Å². The smallest absolute Gasteiger partial charge is 0.507 e. The van der Waals surface area contributed by atoms with E-state index in [9.17, 15) is 40.2 Å². The maximum absolute atomic E-state index is 11.4. The van der Waals surface area contributed by atoms with Gasteiger partial charge in [0.05, 0.1) is 32.9 Å². The zero-order valence-electron chi connectivity index (χ0n) is 20.0. The Kier molecular flexibility index (Phi) is 16.6. The van der Waals surface area contributed by atoms with Crippen LogP contribution in [0.5, 0.6) is 11.5 Å². The Morgan fingerprint density at radius 3 is 1.78 bits per heavy atom. The zero-order chi connectivity index (χ0) is 26.4. The van der Waals surface area contributed by atoms with Gasteiger partial charge in [-0.25, -0.2) is 0 Å². The van der Waals surface area contributed by atoms with Crippen molar-refractivity contribution < 1.29 is 62.4 Å². The minimum Gasteiger partial charge on any atom is -0.507 e. The molecule has 0 spiro atoms. The number of hydrogen-bond acceptors (Lipinski definition) is 10. The quantitative estimate of drug-likeness (QED) is 0.120. The fraction of sp³-hybridized carbons (Fsp3) is 0.417. The first kappa shape index (κ1) is 33.5. The minimum absolute atomic E-state index is 0. The van der Waals surface area contributed by atoms with Gasteiger partial charge < -0.3 is 40.5 Å².